The van der Waals surface area contributed by atoms with E-state index in [2.05, 4.69) is 31.8 Å². The van der Waals surface area contributed by atoms with E-state index in [1.165, 1.54) is 18.3 Å². The smallest absolute Gasteiger partial charge is 0.416 e. The van der Waals surface area contributed by atoms with E-state index in [-0.39, 0.29) is 31.7 Å². The Balaban J connectivity index is 1.78. The molecule has 2 rings (SSSR count). The maximum absolute atomic E-state index is 12.7. The van der Waals surface area contributed by atoms with Crippen LogP contribution in [0, 0.1) is 0 Å². The molecule has 0 saturated heterocycles. The van der Waals surface area contributed by atoms with E-state index in [0.717, 1.165) is 12.1 Å². The highest BCUT2D eigenvalue weighted by atomic mass is 79.9. The maximum Gasteiger partial charge on any atom is 0.416 e. The normalized spacial score (nSPS) is 11.2. The summed E-state index contributed by atoms with van der Waals surface area (Å²) in [4.78, 5) is 35.1. The Morgan fingerprint density at radius 3 is 2.50 bits per heavy atom. The zero-order valence-corrected chi connectivity index (χ0v) is 19.5. The molecule has 0 saturated carbocycles. The molecule has 0 aliphatic rings. The van der Waals surface area contributed by atoms with Gasteiger partial charge in [-0.2, -0.15) is 18.3 Å². The Bertz CT molecular complexity index is 1060. The summed E-state index contributed by atoms with van der Waals surface area (Å²) < 4.78 is 48.9. The molecule has 0 aliphatic carbocycles. The fourth-order valence-electron chi connectivity index (χ4n) is 2.51. The van der Waals surface area contributed by atoms with Gasteiger partial charge in [-0.3, -0.25) is 9.59 Å². The van der Waals surface area contributed by atoms with Crippen molar-refractivity contribution in [3.05, 3.63) is 58.1 Å². The number of hydrogen-bond donors (Lipinski definition) is 2. The molecular formula is C22H21BrF3N3O5. The molecule has 0 unspecified atom stereocenters. The molecule has 0 heterocycles. The van der Waals surface area contributed by atoms with Gasteiger partial charge in [0.25, 0.3) is 0 Å². The van der Waals surface area contributed by atoms with Crippen molar-refractivity contribution in [2.24, 2.45) is 5.10 Å². The summed E-state index contributed by atoms with van der Waals surface area (Å²) in [5, 5.41) is 6.12. The van der Waals surface area contributed by atoms with E-state index in [9.17, 15) is 27.6 Å². The summed E-state index contributed by atoms with van der Waals surface area (Å²) in [7, 11) is 0. The highest BCUT2D eigenvalue weighted by Crippen LogP contribution is 2.30. The molecule has 2 aromatic carbocycles. The monoisotopic (exact) mass is 543 g/mol. The number of hydrazone groups is 1. The van der Waals surface area contributed by atoms with Crippen molar-refractivity contribution in [2.75, 3.05) is 18.5 Å². The Morgan fingerprint density at radius 2 is 1.82 bits per heavy atom. The molecule has 2 N–H and O–H groups in total. The molecule has 0 aliphatic heterocycles. The van der Waals surface area contributed by atoms with Gasteiger partial charge in [0.2, 0.25) is 11.8 Å². The van der Waals surface area contributed by atoms with Crippen LogP contribution < -0.4 is 15.5 Å². The minimum absolute atomic E-state index is 0.0153. The first kappa shape index (κ1) is 26.8. The Morgan fingerprint density at radius 1 is 1.09 bits per heavy atom. The van der Waals surface area contributed by atoms with Gasteiger partial charge in [0.1, 0.15) is 5.75 Å². The van der Waals surface area contributed by atoms with E-state index in [4.69, 9.17) is 9.47 Å². The van der Waals surface area contributed by atoms with Crippen LogP contribution in [0.5, 0.6) is 5.75 Å². The summed E-state index contributed by atoms with van der Waals surface area (Å²) >= 11 is 3.31. The molecule has 0 aromatic heterocycles. The van der Waals surface area contributed by atoms with Crippen LogP contribution in [-0.2, 0) is 25.3 Å². The Kier molecular flexibility index (Phi) is 10.0. The second kappa shape index (κ2) is 12.7. The third-order valence-corrected chi connectivity index (χ3v) is 4.68. The van der Waals surface area contributed by atoms with Gasteiger partial charge in [0.05, 0.1) is 22.9 Å². The topological polar surface area (TPSA) is 106 Å². The summed E-state index contributed by atoms with van der Waals surface area (Å²) in [5.74, 6) is -1.24. The first-order valence-electron chi connectivity index (χ1n) is 9.95. The predicted molar refractivity (Wildman–Crippen MR) is 121 cm³/mol. The van der Waals surface area contributed by atoms with Crippen LogP contribution in [0.1, 0.15) is 30.9 Å². The van der Waals surface area contributed by atoms with Gasteiger partial charge in [0.15, 0.2) is 6.61 Å². The van der Waals surface area contributed by atoms with Gasteiger partial charge in [-0.15, -0.1) is 0 Å². The quantitative estimate of drug-likeness (QED) is 0.264. The summed E-state index contributed by atoms with van der Waals surface area (Å²) in [6.07, 6.45) is -3.62. The van der Waals surface area contributed by atoms with Crippen molar-refractivity contribution in [3.63, 3.8) is 0 Å². The SMILES string of the molecule is CCOC(=O)COc1ccc(C=NNC(=O)CCC(=O)Nc2cccc(C(F)(F)F)c2)cc1Br. The van der Waals surface area contributed by atoms with Crippen molar-refractivity contribution in [2.45, 2.75) is 25.9 Å². The Labute approximate surface area is 201 Å². The van der Waals surface area contributed by atoms with Gasteiger partial charge in [-0.1, -0.05) is 6.07 Å². The van der Waals surface area contributed by atoms with Crippen molar-refractivity contribution in [1.29, 1.82) is 0 Å². The zero-order chi connectivity index (χ0) is 25.1. The number of esters is 1. The van der Waals surface area contributed by atoms with E-state index in [1.807, 2.05) is 0 Å². The lowest BCUT2D eigenvalue weighted by Gasteiger charge is -2.09. The van der Waals surface area contributed by atoms with Crippen molar-refractivity contribution in [3.8, 4) is 5.75 Å². The van der Waals surface area contributed by atoms with E-state index in [0.29, 0.717) is 15.8 Å². The van der Waals surface area contributed by atoms with Crippen LogP contribution in [0.15, 0.2) is 52.0 Å². The molecule has 0 bridgehead atoms. The number of nitrogens with one attached hydrogen (secondary N) is 2. The zero-order valence-electron chi connectivity index (χ0n) is 17.9. The Hall–Kier alpha value is -3.41. The molecule has 2 amide bonds. The van der Waals surface area contributed by atoms with Gasteiger partial charge in [-0.25, -0.2) is 10.2 Å². The predicted octanol–water partition coefficient (Wildman–Crippen LogP) is 4.28. The average molecular weight is 544 g/mol. The van der Waals surface area contributed by atoms with Gasteiger partial charge < -0.3 is 14.8 Å². The van der Waals surface area contributed by atoms with Gasteiger partial charge in [-0.05, 0) is 64.8 Å². The summed E-state index contributed by atoms with van der Waals surface area (Å²) in [5.41, 5.74) is 1.97. The molecule has 12 heteroatoms. The van der Waals surface area contributed by atoms with Crippen LogP contribution in [0.3, 0.4) is 0 Å². The second-order valence-electron chi connectivity index (χ2n) is 6.70. The minimum atomic E-state index is -4.52. The van der Waals surface area contributed by atoms with E-state index < -0.39 is 29.5 Å². The molecule has 0 fully saturated rings. The largest absolute Gasteiger partial charge is 0.481 e. The van der Waals surface area contributed by atoms with Crippen molar-refractivity contribution < 1.29 is 37.0 Å². The second-order valence-corrected chi connectivity index (χ2v) is 7.56. The summed E-state index contributed by atoms with van der Waals surface area (Å²) in [6, 6.07) is 9.10. The molecule has 182 valence electrons. The number of carbonyl (C=O) groups is 3. The number of hydrogen-bond acceptors (Lipinski definition) is 6. The fourth-order valence-corrected chi connectivity index (χ4v) is 3.02. The molecule has 0 atom stereocenters. The first-order valence-corrected chi connectivity index (χ1v) is 10.7. The van der Waals surface area contributed by atoms with E-state index >= 15 is 0 Å². The van der Waals surface area contributed by atoms with Gasteiger partial charge >= 0.3 is 12.1 Å². The van der Waals surface area contributed by atoms with Crippen molar-refractivity contribution >= 4 is 45.6 Å². The fraction of sp³-hybridized carbons (Fsp3) is 0.273. The number of halogens is 4. The molecule has 2 aromatic rings. The van der Waals surface area contributed by atoms with Crippen LogP contribution in [-0.4, -0.2) is 37.2 Å². The van der Waals surface area contributed by atoms with Crippen LogP contribution in [0.2, 0.25) is 0 Å². The lowest BCUT2D eigenvalue weighted by molar-refractivity contribution is -0.145. The number of anilines is 1. The third kappa shape index (κ3) is 9.22. The van der Waals surface area contributed by atoms with Crippen LogP contribution in [0.25, 0.3) is 0 Å². The lowest BCUT2D eigenvalue weighted by Crippen LogP contribution is -2.20. The number of carbonyl (C=O) groups excluding carboxylic acids is 3. The molecule has 34 heavy (non-hydrogen) atoms. The highest BCUT2D eigenvalue weighted by Gasteiger charge is 2.30. The lowest BCUT2D eigenvalue weighted by atomic mass is 10.2. The third-order valence-electron chi connectivity index (χ3n) is 4.06. The summed E-state index contributed by atoms with van der Waals surface area (Å²) in [6.45, 7) is 1.71. The molecule has 0 radical (unpaired) electrons. The number of nitrogens with zero attached hydrogens (tertiary/aromatic N) is 1. The average Bonchev–Trinajstić information content (AvgIpc) is 2.77. The highest BCUT2D eigenvalue weighted by molar-refractivity contribution is 9.10. The number of amides is 2. The van der Waals surface area contributed by atoms with Crippen LogP contribution in [0.4, 0.5) is 18.9 Å². The first-order chi connectivity index (χ1) is 16.1. The molecule has 8 nitrogen and oxygen atoms in total. The molecular weight excluding hydrogens is 523 g/mol. The molecule has 0 spiro atoms. The minimum Gasteiger partial charge on any atom is -0.481 e. The van der Waals surface area contributed by atoms with E-state index in [1.54, 1.807) is 25.1 Å². The van der Waals surface area contributed by atoms with Gasteiger partial charge in [0, 0.05) is 18.5 Å². The number of ether oxygens (including phenoxy) is 2. The number of rotatable bonds is 10. The standard InChI is InChI=1S/C22H21BrF3N3O5/c1-2-33-21(32)13-34-18-7-6-14(10-17(18)23)12-27-29-20(31)9-8-19(30)28-16-5-3-4-15(11-16)22(24,25)26/h3-7,10-12H,2,8-9,13H2,1H3,(H,28,30)(H,29,31). The maximum atomic E-state index is 12.7. The number of alkyl halides is 3. The van der Waals surface area contributed by atoms with Crippen molar-refractivity contribution in [1.82, 2.24) is 5.43 Å². The number of benzene rings is 2. The van der Waals surface area contributed by atoms with Crippen LogP contribution >= 0.6 is 15.9 Å².